The maximum Gasteiger partial charge on any atom is 0.303 e. The fraction of sp³-hybridized carbons (Fsp3) is 0.323. The van der Waals surface area contributed by atoms with E-state index < -0.39 is 41.7 Å². The van der Waals surface area contributed by atoms with E-state index in [-0.39, 0.29) is 17.2 Å². The molecule has 1 saturated heterocycles. The molecule has 0 aliphatic carbocycles. The number of azo groups is 1. The minimum Gasteiger partial charge on any atom is -0.497 e. The van der Waals surface area contributed by atoms with Crippen molar-refractivity contribution in [3.05, 3.63) is 65.7 Å². The molecule has 2 aromatic carbocycles. The molecule has 0 N–H and O–H groups in total. The second-order valence-electron chi connectivity index (χ2n) is 9.61. The van der Waals surface area contributed by atoms with Crippen LogP contribution in [-0.4, -0.2) is 60.4 Å². The maximum absolute atomic E-state index is 12.1. The quantitative estimate of drug-likeness (QED) is 0.167. The summed E-state index contributed by atoms with van der Waals surface area (Å²) in [7, 11) is 1.57. The topological polar surface area (TPSA) is 159 Å². The molecule has 1 aliphatic rings. The molecule has 0 unspecified atom stereocenters. The summed E-state index contributed by atoms with van der Waals surface area (Å²) in [6.45, 7) is 5.17. The molecule has 12 nitrogen and oxygen atoms in total. The van der Waals surface area contributed by atoms with E-state index in [1.807, 2.05) is 30.3 Å². The first kappa shape index (κ1) is 32.1. The summed E-state index contributed by atoms with van der Waals surface area (Å²) in [5, 5.41) is 19.4. The highest BCUT2D eigenvalue weighted by atomic mass is 32.2. The number of benzene rings is 2. The van der Waals surface area contributed by atoms with Crippen LogP contribution in [-0.2, 0) is 33.3 Å². The van der Waals surface area contributed by atoms with E-state index in [4.69, 9.17) is 28.7 Å². The van der Waals surface area contributed by atoms with Crippen LogP contribution >= 0.6 is 11.8 Å². The zero-order valence-corrected chi connectivity index (χ0v) is 25.5. The first-order valence-corrected chi connectivity index (χ1v) is 14.3. The number of thioether (sulfide) groups is 1. The van der Waals surface area contributed by atoms with E-state index in [0.29, 0.717) is 28.4 Å². The summed E-state index contributed by atoms with van der Waals surface area (Å²) in [4.78, 5) is 40.7. The molecule has 13 heteroatoms. The number of hydrogen-bond donors (Lipinski definition) is 0. The van der Waals surface area contributed by atoms with E-state index in [9.17, 15) is 19.6 Å². The van der Waals surface area contributed by atoms with Gasteiger partial charge in [-0.15, -0.1) is 5.11 Å². The number of carbonyl (C=O) groups is 3. The monoisotopic (exact) mass is 618 g/mol. The number of ether oxygens (including phenoxy) is 5. The highest BCUT2D eigenvalue weighted by Gasteiger charge is 2.47. The summed E-state index contributed by atoms with van der Waals surface area (Å²) in [5.74, 6) is -1.29. The smallest absolute Gasteiger partial charge is 0.303 e. The number of nitriles is 1. The van der Waals surface area contributed by atoms with Crippen LogP contribution in [0.2, 0.25) is 0 Å². The molecule has 0 saturated carbocycles. The van der Waals surface area contributed by atoms with E-state index in [1.165, 1.54) is 20.8 Å². The highest BCUT2D eigenvalue weighted by Crippen LogP contribution is 2.42. The molecule has 228 valence electrons. The fourth-order valence-corrected chi connectivity index (χ4v) is 5.65. The van der Waals surface area contributed by atoms with Crippen LogP contribution < -0.4 is 4.74 Å². The molecule has 1 aromatic heterocycles. The fourth-order valence-electron chi connectivity index (χ4n) is 4.48. The number of aromatic nitrogens is 1. The number of methoxy groups -OCH3 is 1. The summed E-state index contributed by atoms with van der Waals surface area (Å²) in [6.07, 6.45) is -3.38. The Hall–Kier alpha value is -4.80. The third-order valence-electron chi connectivity index (χ3n) is 6.41. The normalized spacial score (nSPS) is 19.5. The third kappa shape index (κ3) is 7.77. The lowest BCUT2D eigenvalue weighted by Gasteiger charge is -2.40. The van der Waals surface area contributed by atoms with Crippen LogP contribution in [0.25, 0.3) is 11.3 Å². The number of esters is 3. The molecule has 0 amide bonds. The molecular weight excluding hydrogens is 588 g/mol. The van der Waals surface area contributed by atoms with Gasteiger partial charge in [-0.25, -0.2) is 4.98 Å². The van der Waals surface area contributed by atoms with E-state index >= 15 is 0 Å². The Morgan fingerprint density at radius 1 is 0.932 bits per heavy atom. The van der Waals surface area contributed by atoms with Crippen molar-refractivity contribution in [1.82, 2.24) is 4.98 Å². The number of pyridine rings is 1. The van der Waals surface area contributed by atoms with Gasteiger partial charge in [-0.05, 0) is 36.8 Å². The van der Waals surface area contributed by atoms with Crippen LogP contribution in [0.3, 0.4) is 0 Å². The van der Waals surface area contributed by atoms with Gasteiger partial charge in [-0.3, -0.25) is 14.4 Å². The van der Waals surface area contributed by atoms with Crippen molar-refractivity contribution < 1.29 is 38.1 Å². The van der Waals surface area contributed by atoms with Gasteiger partial charge in [-0.2, -0.15) is 10.4 Å². The van der Waals surface area contributed by atoms with Crippen LogP contribution in [0.5, 0.6) is 5.75 Å². The predicted octanol–water partition coefficient (Wildman–Crippen LogP) is 5.60. The standard InChI is InChI=1S/C31H30N4O8S/c1-17-24(15-32)30(44-31-29(43-20(4)38)28(42-19(3)37)25(16-40-31)41-18(2)36)33-27(21-9-7-6-8-10-21)26(17)35-34-22-11-13-23(39-5)14-12-22/h6-14,25,28-29,31H,16H2,1-5H3/t25-,28-,29+,31+/m1/s1. The Bertz CT molecular complexity index is 1590. The second-order valence-corrected chi connectivity index (χ2v) is 10.7. The zero-order valence-electron chi connectivity index (χ0n) is 24.7. The van der Waals surface area contributed by atoms with Crippen molar-refractivity contribution in [2.75, 3.05) is 13.7 Å². The van der Waals surface area contributed by atoms with Crippen LogP contribution in [0, 0.1) is 18.3 Å². The lowest BCUT2D eigenvalue weighted by atomic mass is 10.0. The Morgan fingerprint density at radius 3 is 2.16 bits per heavy atom. The van der Waals surface area contributed by atoms with Crippen molar-refractivity contribution in [3.8, 4) is 23.1 Å². The lowest BCUT2D eigenvalue weighted by Crippen LogP contribution is -2.56. The lowest BCUT2D eigenvalue weighted by molar-refractivity contribution is -0.213. The van der Waals surface area contributed by atoms with Crippen molar-refractivity contribution in [2.45, 2.75) is 56.5 Å². The minimum absolute atomic E-state index is 0.159. The SMILES string of the molecule is COc1ccc(N=Nc2c(-c3ccccc3)nc(S[C@@H]3OC[C@@H](OC(C)=O)[C@@H](OC(C)=O)[C@@H]3OC(C)=O)c(C#N)c2C)cc1. The molecule has 44 heavy (non-hydrogen) atoms. The first-order chi connectivity index (χ1) is 21.1. The van der Waals surface area contributed by atoms with Crippen LogP contribution in [0.1, 0.15) is 31.9 Å². The average Bonchev–Trinajstić information content (AvgIpc) is 2.99. The Morgan fingerprint density at radius 2 is 1.57 bits per heavy atom. The second kappa shape index (κ2) is 14.6. The third-order valence-corrected chi connectivity index (χ3v) is 7.57. The number of rotatable bonds is 9. The van der Waals surface area contributed by atoms with Crippen molar-refractivity contribution in [2.24, 2.45) is 10.2 Å². The van der Waals surface area contributed by atoms with Gasteiger partial charge in [0.05, 0.1) is 30.7 Å². The summed E-state index contributed by atoms with van der Waals surface area (Å²) in [6, 6.07) is 18.5. The van der Waals surface area contributed by atoms with Crippen molar-refractivity contribution in [3.63, 3.8) is 0 Å². The van der Waals surface area contributed by atoms with E-state index in [2.05, 4.69) is 16.3 Å². The number of nitrogens with zero attached hydrogens (tertiary/aromatic N) is 4. The van der Waals surface area contributed by atoms with Crippen molar-refractivity contribution >= 4 is 41.0 Å². The average molecular weight is 619 g/mol. The minimum atomic E-state index is -1.19. The summed E-state index contributed by atoms with van der Waals surface area (Å²) < 4.78 is 27.5. The number of carbonyl (C=O) groups excluding carboxylic acids is 3. The summed E-state index contributed by atoms with van der Waals surface area (Å²) in [5.41, 5.74) is 1.87. The van der Waals surface area contributed by atoms with Crippen molar-refractivity contribution in [1.29, 1.82) is 5.26 Å². The molecule has 2 heterocycles. The van der Waals surface area contributed by atoms with Gasteiger partial charge in [-0.1, -0.05) is 42.1 Å². The molecule has 4 rings (SSSR count). The number of hydrogen-bond acceptors (Lipinski definition) is 13. The highest BCUT2D eigenvalue weighted by molar-refractivity contribution is 7.99. The molecule has 0 radical (unpaired) electrons. The summed E-state index contributed by atoms with van der Waals surface area (Å²) >= 11 is 1.02. The zero-order chi connectivity index (χ0) is 31.8. The molecule has 4 atom stereocenters. The maximum atomic E-state index is 12.1. The Balaban J connectivity index is 1.79. The van der Waals surface area contributed by atoms with Gasteiger partial charge in [0.2, 0.25) is 0 Å². The molecule has 0 bridgehead atoms. The van der Waals surface area contributed by atoms with Gasteiger partial charge in [0.1, 0.15) is 28.0 Å². The van der Waals surface area contributed by atoms with E-state index in [1.54, 1.807) is 38.3 Å². The van der Waals surface area contributed by atoms with Gasteiger partial charge in [0.25, 0.3) is 0 Å². The van der Waals surface area contributed by atoms with Gasteiger partial charge in [0, 0.05) is 26.3 Å². The Kier molecular flexibility index (Phi) is 10.6. The molecule has 3 aromatic rings. The molecule has 1 aliphatic heterocycles. The molecular formula is C31H30N4O8S. The predicted molar refractivity (Wildman–Crippen MR) is 159 cm³/mol. The van der Waals surface area contributed by atoms with Crippen LogP contribution in [0.15, 0.2) is 69.9 Å². The first-order valence-electron chi connectivity index (χ1n) is 13.5. The van der Waals surface area contributed by atoms with Gasteiger partial charge in [0.15, 0.2) is 18.3 Å². The molecule has 1 fully saturated rings. The molecule has 0 spiro atoms. The van der Waals surface area contributed by atoms with Crippen LogP contribution in [0.4, 0.5) is 11.4 Å². The van der Waals surface area contributed by atoms with E-state index in [0.717, 1.165) is 17.3 Å². The van der Waals surface area contributed by atoms with Gasteiger partial charge < -0.3 is 23.7 Å². The Labute approximate surface area is 258 Å². The largest absolute Gasteiger partial charge is 0.497 e. The van der Waals surface area contributed by atoms with Gasteiger partial charge >= 0.3 is 17.9 Å².